The molecule has 2 unspecified atom stereocenters. The third-order valence-corrected chi connectivity index (χ3v) is 9.79. The van der Waals surface area contributed by atoms with E-state index in [4.69, 9.17) is 22.1 Å². The van der Waals surface area contributed by atoms with Gasteiger partial charge in [-0.25, -0.2) is 0 Å². The number of anilines is 2. The molecule has 2 saturated heterocycles. The molecule has 4 N–H and O–H groups in total. The molecule has 10 nitrogen and oxygen atoms in total. The molecule has 0 bridgehead atoms. The van der Waals surface area contributed by atoms with Crippen molar-refractivity contribution in [3.05, 3.63) is 64.7 Å². The molecular formula is C34H40ClF3N6O4. The third-order valence-electron chi connectivity index (χ3n) is 9.55. The summed E-state index contributed by atoms with van der Waals surface area (Å²) >= 11 is 6.28. The van der Waals surface area contributed by atoms with Gasteiger partial charge in [0.25, 0.3) is 5.91 Å². The number of benzene rings is 2. The fraction of sp³-hybridized carbons (Fsp3) is 0.471. The number of hydrogen-bond acceptors (Lipinski definition) is 8. The number of alkyl halides is 3. The predicted molar refractivity (Wildman–Crippen MR) is 177 cm³/mol. The van der Waals surface area contributed by atoms with E-state index < -0.39 is 24.3 Å². The van der Waals surface area contributed by atoms with Crippen LogP contribution in [0.3, 0.4) is 0 Å². The molecule has 0 aliphatic carbocycles. The average Bonchev–Trinajstić information content (AvgIpc) is 3.42. The second-order valence-electron chi connectivity index (χ2n) is 12.3. The van der Waals surface area contributed by atoms with Gasteiger partial charge in [0.05, 0.1) is 0 Å². The summed E-state index contributed by atoms with van der Waals surface area (Å²) in [4.78, 5) is 36.6. The molecule has 2 aliphatic heterocycles. The van der Waals surface area contributed by atoms with Crippen molar-refractivity contribution in [3.63, 3.8) is 0 Å². The highest BCUT2D eigenvalue weighted by molar-refractivity contribution is 6.30. The highest BCUT2D eigenvalue weighted by atomic mass is 35.5. The van der Waals surface area contributed by atoms with Crippen LogP contribution in [0.2, 0.25) is 5.02 Å². The van der Waals surface area contributed by atoms with Crippen molar-refractivity contribution in [1.29, 1.82) is 0 Å². The van der Waals surface area contributed by atoms with Gasteiger partial charge in [-0.15, -0.1) is 0 Å². The Balaban J connectivity index is 1.43. The lowest BCUT2D eigenvalue weighted by Crippen LogP contribution is -2.46. The lowest BCUT2D eigenvalue weighted by Gasteiger charge is -2.43. The zero-order valence-electron chi connectivity index (χ0n) is 27.1. The topological polar surface area (TPSA) is 134 Å². The molecule has 0 saturated carbocycles. The van der Waals surface area contributed by atoms with Crippen LogP contribution in [0.4, 0.5) is 24.9 Å². The van der Waals surface area contributed by atoms with Crippen molar-refractivity contribution in [1.82, 2.24) is 20.2 Å². The molecule has 0 radical (unpaired) electrons. The van der Waals surface area contributed by atoms with E-state index in [-0.39, 0.29) is 45.3 Å². The van der Waals surface area contributed by atoms with Crippen LogP contribution in [0.5, 0.6) is 5.88 Å². The molecule has 48 heavy (non-hydrogen) atoms. The summed E-state index contributed by atoms with van der Waals surface area (Å²) < 4.78 is 50.1. The SMILES string of the molecule is CCC1NC(C(=O)O)CC12CCN(c1cc(O[C@H](c3ccc(Cl)cc3-c3cccc(C(=O)N(CC)CC)c3)C(F)(F)F)nc(N)n1)CC2. The van der Waals surface area contributed by atoms with Gasteiger partial charge in [0.2, 0.25) is 17.9 Å². The summed E-state index contributed by atoms with van der Waals surface area (Å²) in [5, 5.41) is 13.0. The van der Waals surface area contributed by atoms with Crippen molar-refractivity contribution >= 4 is 35.2 Å². The molecule has 5 rings (SSSR count). The molecule has 2 aliphatic rings. The number of nitrogens with two attached hydrogens (primary N) is 1. The van der Waals surface area contributed by atoms with Crippen molar-refractivity contribution in [2.45, 2.75) is 70.8 Å². The van der Waals surface area contributed by atoms with E-state index in [0.717, 1.165) is 6.42 Å². The Kier molecular flexibility index (Phi) is 10.4. The summed E-state index contributed by atoms with van der Waals surface area (Å²) in [6, 6.07) is 11.2. The maximum absolute atomic E-state index is 14.8. The first-order valence-electron chi connectivity index (χ1n) is 16.1. The minimum absolute atomic E-state index is 0.0484. The summed E-state index contributed by atoms with van der Waals surface area (Å²) in [5.74, 6) is -1.39. The van der Waals surface area contributed by atoms with Crippen LogP contribution in [-0.2, 0) is 4.79 Å². The highest BCUT2D eigenvalue weighted by Crippen LogP contribution is 2.46. The van der Waals surface area contributed by atoms with Crippen molar-refractivity contribution in [2.24, 2.45) is 5.41 Å². The number of nitrogens with one attached hydrogen (secondary N) is 1. The van der Waals surface area contributed by atoms with Crippen LogP contribution < -0.4 is 20.7 Å². The number of amides is 1. The Bertz CT molecular complexity index is 1650. The normalized spacial score (nSPS) is 19.7. The third kappa shape index (κ3) is 7.31. The zero-order valence-corrected chi connectivity index (χ0v) is 27.8. The molecule has 3 aromatic rings. The smallest absolute Gasteiger partial charge is 0.429 e. The average molecular weight is 689 g/mol. The zero-order chi connectivity index (χ0) is 34.8. The summed E-state index contributed by atoms with van der Waals surface area (Å²) in [7, 11) is 0. The molecular weight excluding hydrogens is 649 g/mol. The van der Waals surface area contributed by atoms with Gasteiger partial charge in [0.15, 0.2) is 0 Å². The maximum atomic E-state index is 14.8. The minimum atomic E-state index is -4.88. The number of nitrogen functional groups attached to an aromatic ring is 1. The lowest BCUT2D eigenvalue weighted by molar-refractivity contribution is -0.198. The number of ether oxygens (including phenoxy) is 1. The number of carbonyl (C=O) groups is 2. The van der Waals surface area contributed by atoms with Crippen LogP contribution in [0.25, 0.3) is 11.1 Å². The Labute approximate surface area is 282 Å². The number of aromatic nitrogens is 2. The molecule has 3 atom stereocenters. The Hall–Kier alpha value is -4.10. The van der Waals surface area contributed by atoms with Crippen molar-refractivity contribution in [2.75, 3.05) is 36.8 Å². The number of carboxylic acids is 1. The van der Waals surface area contributed by atoms with E-state index >= 15 is 0 Å². The van der Waals surface area contributed by atoms with E-state index in [1.807, 2.05) is 25.7 Å². The standard InChI is InChI=1S/C34H40ClF3N6O4/c1-4-26-33(19-25(40-26)31(46)47)12-14-44(15-13-33)27-18-28(42-32(39)41-27)48-29(34(36,37)38)23-11-10-22(35)17-24(23)20-8-7-9-21(16-20)30(45)43(5-2)6-3/h7-11,16-18,25-26,29,40H,4-6,12-15,19H2,1-3H3,(H,46,47)(H2,39,41,42)/t25?,26?,29-/m1/s1. The first-order chi connectivity index (χ1) is 22.8. The summed E-state index contributed by atoms with van der Waals surface area (Å²) in [6.45, 7) is 7.70. The Morgan fingerprint density at radius 2 is 1.83 bits per heavy atom. The number of aliphatic carboxylic acids is 1. The Morgan fingerprint density at radius 3 is 2.46 bits per heavy atom. The molecule has 1 spiro atoms. The number of piperidine rings is 1. The molecule has 2 aromatic carbocycles. The number of halogens is 4. The van der Waals surface area contributed by atoms with Crippen LogP contribution in [0, 0.1) is 5.41 Å². The van der Waals surface area contributed by atoms with Crippen molar-refractivity contribution in [3.8, 4) is 17.0 Å². The Morgan fingerprint density at radius 1 is 1.12 bits per heavy atom. The van der Waals surface area contributed by atoms with Gasteiger partial charge in [0, 0.05) is 54.4 Å². The molecule has 3 heterocycles. The largest absolute Gasteiger partial charge is 0.480 e. The quantitative estimate of drug-likeness (QED) is 0.223. The lowest BCUT2D eigenvalue weighted by atomic mass is 9.71. The molecule has 2 fully saturated rings. The van der Waals surface area contributed by atoms with Gasteiger partial charge in [-0.3, -0.25) is 9.59 Å². The van der Waals surface area contributed by atoms with Gasteiger partial charge in [0.1, 0.15) is 11.9 Å². The number of nitrogens with zero attached hydrogens (tertiary/aromatic N) is 4. The van der Waals surface area contributed by atoms with E-state index in [1.165, 1.54) is 24.3 Å². The van der Waals surface area contributed by atoms with E-state index in [2.05, 4.69) is 15.3 Å². The highest BCUT2D eigenvalue weighted by Gasteiger charge is 2.50. The van der Waals surface area contributed by atoms with Gasteiger partial charge >= 0.3 is 12.1 Å². The first kappa shape index (κ1) is 35.2. The molecule has 258 valence electrons. The van der Waals surface area contributed by atoms with Crippen LogP contribution in [0.1, 0.15) is 68.5 Å². The number of carboxylic acid groups (broad SMARTS) is 1. The first-order valence-corrected chi connectivity index (χ1v) is 16.5. The molecule has 1 amide bonds. The fourth-order valence-electron chi connectivity index (χ4n) is 7.07. The monoisotopic (exact) mass is 688 g/mol. The maximum Gasteiger partial charge on any atom is 0.429 e. The van der Waals surface area contributed by atoms with E-state index in [0.29, 0.717) is 62.4 Å². The van der Waals surface area contributed by atoms with Crippen LogP contribution in [-0.4, -0.2) is 76.3 Å². The molecule has 1 aromatic heterocycles. The number of rotatable bonds is 10. The molecule has 14 heteroatoms. The summed E-state index contributed by atoms with van der Waals surface area (Å²) in [5.41, 5.74) is 6.43. The second kappa shape index (κ2) is 14.2. The van der Waals surface area contributed by atoms with Gasteiger partial charge in [-0.2, -0.15) is 23.1 Å². The van der Waals surface area contributed by atoms with E-state index in [1.54, 1.807) is 29.2 Å². The van der Waals surface area contributed by atoms with Gasteiger partial charge < -0.3 is 30.7 Å². The number of hydrogen-bond donors (Lipinski definition) is 3. The van der Waals surface area contributed by atoms with Crippen LogP contribution in [0.15, 0.2) is 48.5 Å². The fourth-order valence-corrected chi connectivity index (χ4v) is 7.24. The van der Waals surface area contributed by atoms with E-state index in [9.17, 15) is 27.9 Å². The van der Waals surface area contributed by atoms with Crippen molar-refractivity contribution < 1.29 is 32.6 Å². The second-order valence-corrected chi connectivity index (χ2v) is 12.8. The van der Waals surface area contributed by atoms with Gasteiger partial charge in [-0.1, -0.05) is 36.7 Å². The summed E-state index contributed by atoms with van der Waals surface area (Å²) in [6.07, 6.45) is -4.68. The van der Waals surface area contributed by atoms with Gasteiger partial charge in [-0.05, 0) is 80.3 Å². The number of carbonyl (C=O) groups excluding carboxylic acids is 1. The predicted octanol–water partition coefficient (Wildman–Crippen LogP) is 6.36. The van der Waals surface area contributed by atoms with Crippen LogP contribution >= 0.6 is 11.6 Å². The minimum Gasteiger partial charge on any atom is -0.480 e.